The van der Waals surface area contributed by atoms with Crippen molar-refractivity contribution in [1.29, 1.82) is 0 Å². The average Bonchev–Trinajstić information content (AvgIpc) is 2.17. The first-order valence-electron chi connectivity index (χ1n) is 5.63. The summed E-state index contributed by atoms with van der Waals surface area (Å²) in [5.41, 5.74) is -0.615. The van der Waals surface area contributed by atoms with Crippen LogP contribution in [-0.4, -0.2) is 36.7 Å². The van der Waals surface area contributed by atoms with E-state index in [-0.39, 0.29) is 12.6 Å². The summed E-state index contributed by atoms with van der Waals surface area (Å²) in [5, 5.41) is 0. The summed E-state index contributed by atoms with van der Waals surface area (Å²) in [7, 11) is 0. The highest BCUT2D eigenvalue weighted by atomic mass is 16.8. The molecule has 0 N–H and O–H groups in total. The molecule has 0 aromatic heterocycles. The number of ether oxygens (including phenoxy) is 4. The van der Waals surface area contributed by atoms with Crippen LogP contribution in [0.2, 0.25) is 0 Å². The van der Waals surface area contributed by atoms with Gasteiger partial charge in [0.2, 0.25) is 6.29 Å². The molecule has 0 saturated carbocycles. The van der Waals surface area contributed by atoms with E-state index in [1.165, 1.54) is 13.0 Å². The third-order valence-corrected chi connectivity index (χ3v) is 1.83. The van der Waals surface area contributed by atoms with E-state index in [0.717, 1.165) is 0 Å². The fraction of sp³-hybridized carbons (Fsp3) is 0.667. The van der Waals surface area contributed by atoms with Crippen molar-refractivity contribution in [3.05, 3.63) is 12.2 Å². The summed E-state index contributed by atoms with van der Waals surface area (Å²) in [4.78, 5) is 22.1. The average molecular weight is 258 g/mol. The van der Waals surface area contributed by atoms with Crippen LogP contribution in [0.4, 0.5) is 4.79 Å². The van der Waals surface area contributed by atoms with E-state index in [0.29, 0.717) is 0 Å². The van der Waals surface area contributed by atoms with Gasteiger partial charge in [-0.2, -0.15) is 0 Å². The van der Waals surface area contributed by atoms with E-state index in [4.69, 9.17) is 18.9 Å². The van der Waals surface area contributed by atoms with Crippen LogP contribution in [-0.2, 0) is 23.7 Å². The maximum Gasteiger partial charge on any atom is 0.511 e. The first kappa shape index (κ1) is 14.5. The second-order valence-corrected chi connectivity index (χ2v) is 4.82. The van der Waals surface area contributed by atoms with Gasteiger partial charge in [0.15, 0.2) is 0 Å². The van der Waals surface area contributed by atoms with Crippen molar-refractivity contribution in [2.24, 2.45) is 0 Å². The molecule has 0 aromatic carbocycles. The molecule has 2 atom stereocenters. The summed E-state index contributed by atoms with van der Waals surface area (Å²) in [6.07, 6.45) is 1.05. The number of rotatable bonds is 2. The molecule has 2 unspecified atom stereocenters. The number of hydrogen-bond acceptors (Lipinski definition) is 6. The van der Waals surface area contributed by atoms with Crippen molar-refractivity contribution in [3.63, 3.8) is 0 Å². The lowest BCUT2D eigenvalue weighted by atomic mass is 10.2. The van der Waals surface area contributed by atoms with Crippen LogP contribution in [0, 0.1) is 0 Å². The minimum absolute atomic E-state index is 0.142. The van der Waals surface area contributed by atoms with Crippen LogP contribution >= 0.6 is 0 Å². The Morgan fingerprint density at radius 1 is 1.22 bits per heavy atom. The van der Waals surface area contributed by atoms with Crippen LogP contribution in [0.5, 0.6) is 0 Å². The Balaban J connectivity index is 2.38. The molecule has 6 nitrogen and oxygen atoms in total. The zero-order chi connectivity index (χ0) is 13.8. The molecule has 0 radical (unpaired) electrons. The number of carbonyl (C=O) groups is 2. The van der Waals surface area contributed by atoms with Gasteiger partial charge in [-0.1, -0.05) is 0 Å². The molecular formula is C12H18O6. The lowest BCUT2D eigenvalue weighted by molar-refractivity contribution is -0.158. The highest BCUT2D eigenvalue weighted by molar-refractivity contribution is 5.66. The quantitative estimate of drug-likeness (QED) is 0.555. The van der Waals surface area contributed by atoms with Gasteiger partial charge < -0.3 is 18.9 Å². The van der Waals surface area contributed by atoms with Crippen LogP contribution in [0.3, 0.4) is 0 Å². The van der Waals surface area contributed by atoms with Crippen molar-refractivity contribution < 1.29 is 28.5 Å². The van der Waals surface area contributed by atoms with Crippen molar-refractivity contribution >= 4 is 12.1 Å². The molecule has 1 rings (SSSR count). The van der Waals surface area contributed by atoms with Crippen molar-refractivity contribution in [2.45, 2.75) is 45.7 Å². The SMILES string of the molecule is CC(=O)OC1C=CC(OC(=O)OC(C)(C)C)OC1. The molecule has 0 amide bonds. The molecule has 6 heteroatoms. The van der Waals surface area contributed by atoms with Crippen LogP contribution in [0.25, 0.3) is 0 Å². The minimum atomic E-state index is -0.813. The summed E-state index contributed by atoms with van der Waals surface area (Å²) in [6, 6.07) is 0. The normalized spacial score (nSPS) is 23.3. The molecular weight excluding hydrogens is 240 g/mol. The summed E-state index contributed by atoms with van der Waals surface area (Å²) in [5.74, 6) is -0.389. The third-order valence-electron chi connectivity index (χ3n) is 1.83. The largest absolute Gasteiger partial charge is 0.511 e. The number of carbonyl (C=O) groups excluding carboxylic acids is 2. The second-order valence-electron chi connectivity index (χ2n) is 4.82. The van der Waals surface area contributed by atoms with E-state index >= 15 is 0 Å². The first-order chi connectivity index (χ1) is 8.26. The van der Waals surface area contributed by atoms with Gasteiger partial charge in [-0.3, -0.25) is 4.79 Å². The zero-order valence-electron chi connectivity index (χ0n) is 11.0. The lowest BCUT2D eigenvalue weighted by Gasteiger charge is -2.25. The Bertz CT molecular complexity index is 341. The smallest absolute Gasteiger partial charge is 0.456 e. The van der Waals surface area contributed by atoms with Gasteiger partial charge in [0.1, 0.15) is 11.7 Å². The third kappa shape index (κ3) is 5.67. The highest BCUT2D eigenvalue weighted by Crippen LogP contribution is 2.13. The summed E-state index contributed by atoms with van der Waals surface area (Å²) in [6.45, 7) is 6.67. The molecule has 0 fully saturated rings. The van der Waals surface area contributed by atoms with Crippen molar-refractivity contribution in [2.75, 3.05) is 6.61 Å². The Morgan fingerprint density at radius 3 is 2.33 bits per heavy atom. The predicted octanol–water partition coefficient (Wildman–Crippen LogP) is 1.78. The molecule has 0 bridgehead atoms. The fourth-order valence-corrected chi connectivity index (χ4v) is 1.24. The summed E-state index contributed by atoms with van der Waals surface area (Å²) >= 11 is 0. The number of esters is 1. The van der Waals surface area contributed by atoms with E-state index in [9.17, 15) is 9.59 Å². The predicted molar refractivity (Wildman–Crippen MR) is 61.8 cm³/mol. The molecule has 18 heavy (non-hydrogen) atoms. The van der Waals surface area contributed by atoms with E-state index < -0.39 is 24.2 Å². The van der Waals surface area contributed by atoms with E-state index in [2.05, 4.69) is 0 Å². The van der Waals surface area contributed by atoms with Gasteiger partial charge in [0.25, 0.3) is 0 Å². The van der Waals surface area contributed by atoms with Gasteiger partial charge in [-0.25, -0.2) is 4.79 Å². The maximum absolute atomic E-state index is 11.3. The van der Waals surface area contributed by atoms with Gasteiger partial charge in [0.05, 0.1) is 6.61 Å². The minimum Gasteiger partial charge on any atom is -0.456 e. The van der Waals surface area contributed by atoms with Crippen LogP contribution < -0.4 is 0 Å². The van der Waals surface area contributed by atoms with Gasteiger partial charge in [-0.15, -0.1) is 0 Å². The second kappa shape index (κ2) is 5.86. The van der Waals surface area contributed by atoms with Crippen molar-refractivity contribution in [3.8, 4) is 0 Å². The maximum atomic E-state index is 11.3. The van der Waals surface area contributed by atoms with E-state index in [1.54, 1.807) is 26.8 Å². The Hall–Kier alpha value is -1.56. The molecule has 0 spiro atoms. The van der Waals surface area contributed by atoms with Crippen LogP contribution in [0.15, 0.2) is 12.2 Å². The lowest BCUT2D eigenvalue weighted by Crippen LogP contribution is -2.33. The molecule has 1 heterocycles. The highest BCUT2D eigenvalue weighted by Gasteiger charge is 2.24. The topological polar surface area (TPSA) is 71.1 Å². The Kier molecular flexibility index (Phi) is 4.72. The molecule has 1 aliphatic heterocycles. The molecule has 1 aliphatic rings. The Labute approximate surface area is 106 Å². The molecule has 0 aromatic rings. The fourth-order valence-electron chi connectivity index (χ4n) is 1.24. The van der Waals surface area contributed by atoms with Crippen molar-refractivity contribution in [1.82, 2.24) is 0 Å². The first-order valence-corrected chi connectivity index (χ1v) is 5.63. The van der Waals surface area contributed by atoms with Gasteiger partial charge in [-0.05, 0) is 32.9 Å². The monoisotopic (exact) mass is 258 g/mol. The van der Waals surface area contributed by atoms with E-state index in [1.807, 2.05) is 0 Å². The molecule has 102 valence electrons. The molecule has 0 aliphatic carbocycles. The zero-order valence-corrected chi connectivity index (χ0v) is 11.0. The van der Waals surface area contributed by atoms with Gasteiger partial charge >= 0.3 is 12.1 Å². The number of hydrogen-bond donors (Lipinski definition) is 0. The molecule has 0 saturated heterocycles. The van der Waals surface area contributed by atoms with Crippen LogP contribution in [0.1, 0.15) is 27.7 Å². The Morgan fingerprint density at radius 2 is 1.89 bits per heavy atom. The summed E-state index contributed by atoms with van der Waals surface area (Å²) < 4.78 is 20.0. The standard InChI is InChI=1S/C12H18O6/c1-8(13)16-9-5-6-10(15-7-9)17-11(14)18-12(2,3)4/h5-6,9-10H,7H2,1-4H3. The van der Waals surface area contributed by atoms with Gasteiger partial charge in [0, 0.05) is 6.92 Å².